The highest BCUT2D eigenvalue weighted by Crippen LogP contribution is 2.17. The largest absolute Gasteiger partial charge is 0.384 e. The number of unbranched alkanes of at least 4 members (excludes halogenated alkanes) is 2. The van der Waals surface area contributed by atoms with Gasteiger partial charge in [-0.2, -0.15) is 0 Å². The van der Waals surface area contributed by atoms with E-state index in [0.29, 0.717) is 0 Å². The van der Waals surface area contributed by atoms with Gasteiger partial charge in [0.25, 0.3) is 0 Å². The molecule has 0 aromatic rings. The van der Waals surface area contributed by atoms with E-state index < -0.39 is 0 Å². The second-order valence-electron chi connectivity index (χ2n) is 6.50. The van der Waals surface area contributed by atoms with Gasteiger partial charge in [-0.05, 0) is 55.7 Å². The Kier molecular flexibility index (Phi) is 11.5. The monoisotopic (exact) mass is 340 g/mol. The van der Waals surface area contributed by atoms with Gasteiger partial charge in [0.15, 0.2) is 0 Å². The van der Waals surface area contributed by atoms with E-state index in [-0.39, 0.29) is 0 Å². The van der Waals surface area contributed by atoms with Crippen molar-refractivity contribution < 1.29 is 0 Å². The van der Waals surface area contributed by atoms with E-state index in [2.05, 4.69) is 67.6 Å². The minimum Gasteiger partial charge on any atom is -0.384 e. The molecule has 2 nitrogen and oxygen atoms in total. The Labute approximate surface area is 155 Å². The van der Waals surface area contributed by atoms with Gasteiger partial charge in [0.2, 0.25) is 0 Å². The molecule has 0 aliphatic heterocycles. The predicted molar refractivity (Wildman–Crippen MR) is 113 cm³/mol. The zero-order valence-electron chi connectivity index (χ0n) is 16.3. The number of hydrogen-bond donors (Lipinski definition) is 1. The summed E-state index contributed by atoms with van der Waals surface area (Å²) in [6.45, 7) is 16.6. The quantitative estimate of drug-likeness (QED) is 0.349. The normalized spacial score (nSPS) is 16.2. The number of rotatable bonds is 13. The lowest BCUT2D eigenvalue weighted by atomic mass is 10.0. The summed E-state index contributed by atoms with van der Waals surface area (Å²) in [7, 11) is 0. The molecule has 0 saturated heterocycles. The maximum Gasteiger partial charge on any atom is 0.0343 e. The fourth-order valence-corrected chi connectivity index (χ4v) is 2.91. The van der Waals surface area contributed by atoms with Crippen LogP contribution < -0.4 is 5.32 Å². The molecule has 0 bridgehead atoms. The topological polar surface area (TPSA) is 15.3 Å². The van der Waals surface area contributed by atoms with Gasteiger partial charge in [0.1, 0.15) is 0 Å². The molecular weight excluding hydrogens is 304 g/mol. The molecule has 25 heavy (non-hydrogen) atoms. The lowest BCUT2D eigenvalue weighted by Crippen LogP contribution is -2.33. The first-order chi connectivity index (χ1) is 12.2. The summed E-state index contributed by atoms with van der Waals surface area (Å²) < 4.78 is 0. The summed E-state index contributed by atoms with van der Waals surface area (Å²) in [5, 5.41) is 3.57. The number of nitrogens with zero attached hydrogens (tertiary/aromatic N) is 1. The molecule has 0 fully saturated rings. The Bertz CT molecular complexity index is 520. The van der Waals surface area contributed by atoms with Crippen molar-refractivity contribution in [3.63, 3.8) is 0 Å². The summed E-state index contributed by atoms with van der Waals surface area (Å²) in [5.74, 6) is 0. The SMILES string of the molecule is C=C/C=C(\C=C1\C=CC(C=C)=CC1)NCCN(CCC)CCCCC. The van der Waals surface area contributed by atoms with Gasteiger partial charge in [0.05, 0.1) is 0 Å². The van der Waals surface area contributed by atoms with E-state index in [1.807, 2.05) is 12.2 Å². The average molecular weight is 341 g/mol. The maximum absolute atomic E-state index is 3.84. The molecule has 1 rings (SSSR count). The Morgan fingerprint density at radius 3 is 2.56 bits per heavy atom. The van der Waals surface area contributed by atoms with Gasteiger partial charge in [0, 0.05) is 18.8 Å². The zero-order valence-corrected chi connectivity index (χ0v) is 16.3. The van der Waals surface area contributed by atoms with Gasteiger partial charge in [-0.1, -0.05) is 70.2 Å². The first kappa shape index (κ1) is 21.2. The molecule has 0 radical (unpaired) electrons. The van der Waals surface area contributed by atoms with Crippen LogP contribution in [0.15, 0.2) is 72.5 Å². The van der Waals surface area contributed by atoms with E-state index in [4.69, 9.17) is 0 Å². The van der Waals surface area contributed by atoms with Crippen molar-refractivity contribution in [3.8, 4) is 0 Å². The average Bonchev–Trinajstić information content (AvgIpc) is 2.62. The Morgan fingerprint density at radius 1 is 1.12 bits per heavy atom. The molecule has 0 amide bonds. The summed E-state index contributed by atoms with van der Waals surface area (Å²) in [5.41, 5.74) is 3.64. The molecule has 2 heteroatoms. The third-order valence-corrected chi connectivity index (χ3v) is 4.31. The summed E-state index contributed by atoms with van der Waals surface area (Å²) in [4.78, 5) is 2.57. The van der Waals surface area contributed by atoms with Crippen LogP contribution in [-0.4, -0.2) is 31.1 Å². The van der Waals surface area contributed by atoms with Gasteiger partial charge >= 0.3 is 0 Å². The Balaban J connectivity index is 2.51. The molecule has 0 heterocycles. The molecule has 1 N–H and O–H groups in total. The van der Waals surface area contributed by atoms with Crippen LogP contribution in [0.2, 0.25) is 0 Å². The first-order valence-electron chi connectivity index (χ1n) is 9.73. The Hall–Kier alpha value is -1.80. The van der Waals surface area contributed by atoms with Crippen LogP contribution in [0.1, 0.15) is 46.0 Å². The zero-order chi connectivity index (χ0) is 18.3. The van der Waals surface area contributed by atoms with Crippen LogP contribution in [0.3, 0.4) is 0 Å². The summed E-state index contributed by atoms with van der Waals surface area (Å²) in [6, 6.07) is 0. The van der Waals surface area contributed by atoms with Crippen molar-refractivity contribution in [2.45, 2.75) is 46.0 Å². The highest BCUT2D eigenvalue weighted by Gasteiger charge is 2.04. The van der Waals surface area contributed by atoms with Gasteiger partial charge < -0.3 is 10.2 Å². The molecule has 0 saturated carbocycles. The lowest BCUT2D eigenvalue weighted by molar-refractivity contribution is 0.270. The van der Waals surface area contributed by atoms with Crippen LogP contribution in [0.4, 0.5) is 0 Å². The molecular formula is C23H36N2. The minimum absolute atomic E-state index is 0.951. The van der Waals surface area contributed by atoms with Crippen LogP contribution in [0.25, 0.3) is 0 Å². The summed E-state index contributed by atoms with van der Waals surface area (Å²) >= 11 is 0. The van der Waals surface area contributed by atoms with E-state index >= 15 is 0 Å². The third kappa shape index (κ3) is 9.31. The van der Waals surface area contributed by atoms with Crippen molar-refractivity contribution in [3.05, 3.63) is 72.5 Å². The standard InChI is InChI=1S/C23H36N2/c1-5-9-10-18-25(17-7-3)19-16-24-23(11-6-2)20-22-14-12-21(8-4)13-15-22/h6,8,11-14,20,24H,2,4-5,7,9-10,15-19H2,1,3H3/b22-20-,23-11+. The highest BCUT2D eigenvalue weighted by atomic mass is 15.1. The second kappa shape index (κ2) is 13.5. The lowest BCUT2D eigenvalue weighted by Gasteiger charge is -2.22. The number of allylic oxidation sites excluding steroid dienone is 9. The van der Waals surface area contributed by atoms with Crippen molar-refractivity contribution in [1.29, 1.82) is 0 Å². The van der Waals surface area contributed by atoms with Crippen molar-refractivity contribution in [2.75, 3.05) is 26.2 Å². The fourth-order valence-electron chi connectivity index (χ4n) is 2.91. The van der Waals surface area contributed by atoms with Crippen molar-refractivity contribution in [2.24, 2.45) is 0 Å². The molecule has 138 valence electrons. The maximum atomic E-state index is 3.84. The highest BCUT2D eigenvalue weighted by molar-refractivity contribution is 5.43. The van der Waals surface area contributed by atoms with Gasteiger partial charge in [-0.15, -0.1) is 0 Å². The summed E-state index contributed by atoms with van der Waals surface area (Å²) in [6.07, 6.45) is 20.6. The molecule has 0 unspecified atom stereocenters. The van der Waals surface area contributed by atoms with Crippen molar-refractivity contribution in [1.82, 2.24) is 10.2 Å². The third-order valence-electron chi connectivity index (χ3n) is 4.31. The van der Waals surface area contributed by atoms with Gasteiger partial charge in [-0.3, -0.25) is 0 Å². The number of nitrogens with one attached hydrogen (secondary N) is 1. The molecule has 0 aromatic heterocycles. The number of hydrogen-bond acceptors (Lipinski definition) is 2. The van der Waals surface area contributed by atoms with Gasteiger partial charge in [-0.25, -0.2) is 0 Å². The van der Waals surface area contributed by atoms with Crippen LogP contribution in [0.5, 0.6) is 0 Å². The first-order valence-corrected chi connectivity index (χ1v) is 9.73. The molecule has 0 atom stereocenters. The Morgan fingerprint density at radius 2 is 1.96 bits per heavy atom. The van der Waals surface area contributed by atoms with Crippen LogP contribution in [-0.2, 0) is 0 Å². The fraction of sp³-hybridized carbons (Fsp3) is 0.478. The minimum atomic E-state index is 0.951. The van der Waals surface area contributed by atoms with Crippen LogP contribution in [0, 0.1) is 0 Å². The predicted octanol–water partition coefficient (Wildman–Crippen LogP) is 5.55. The van der Waals surface area contributed by atoms with E-state index in [1.165, 1.54) is 49.9 Å². The molecule has 1 aliphatic carbocycles. The molecule has 0 spiro atoms. The van der Waals surface area contributed by atoms with Crippen molar-refractivity contribution >= 4 is 0 Å². The second-order valence-corrected chi connectivity index (χ2v) is 6.50. The van der Waals surface area contributed by atoms with E-state index in [1.54, 1.807) is 0 Å². The molecule has 0 aromatic carbocycles. The smallest absolute Gasteiger partial charge is 0.0343 e. The van der Waals surface area contributed by atoms with E-state index in [0.717, 1.165) is 25.2 Å². The van der Waals surface area contributed by atoms with E-state index in [9.17, 15) is 0 Å². The molecule has 1 aliphatic rings. The van der Waals surface area contributed by atoms with Crippen LogP contribution >= 0.6 is 0 Å².